The van der Waals surface area contributed by atoms with Gasteiger partial charge in [0.15, 0.2) is 5.78 Å². The average Bonchev–Trinajstić information content (AvgIpc) is 2.15. The smallest absolute Gasteiger partial charge is 0.155 e. The first-order chi connectivity index (χ1) is 6.13. The Kier molecular flexibility index (Phi) is 4.42. The SMILES string of the molecule is [2H]/C(C=O)=C(/[2H])C(=O)CCCCC. The zero-order valence-electron chi connectivity index (χ0n) is 8.72. The number of hydrogen-bond acceptors (Lipinski definition) is 2. The minimum Gasteiger partial charge on any atom is -0.299 e. The molecule has 0 saturated heterocycles. The Morgan fingerprint density at radius 2 is 2.27 bits per heavy atom. The van der Waals surface area contributed by atoms with Crippen molar-refractivity contribution in [1.29, 1.82) is 0 Å². The molecule has 0 atom stereocenters. The summed E-state index contributed by atoms with van der Waals surface area (Å²) >= 11 is 0. The lowest BCUT2D eigenvalue weighted by atomic mass is 10.1. The molecule has 11 heavy (non-hydrogen) atoms. The lowest BCUT2D eigenvalue weighted by Crippen LogP contribution is -1.91. The van der Waals surface area contributed by atoms with Crippen LogP contribution in [0.25, 0.3) is 0 Å². The van der Waals surface area contributed by atoms with Crippen molar-refractivity contribution in [2.24, 2.45) is 0 Å². The van der Waals surface area contributed by atoms with Gasteiger partial charge in [0, 0.05) is 6.42 Å². The molecule has 0 unspecified atom stereocenters. The summed E-state index contributed by atoms with van der Waals surface area (Å²) < 4.78 is 14.1. The first-order valence-electron chi connectivity index (χ1n) is 4.79. The van der Waals surface area contributed by atoms with Crippen molar-refractivity contribution in [3.63, 3.8) is 0 Å². The van der Waals surface area contributed by atoms with E-state index < -0.39 is 17.9 Å². The van der Waals surface area contributed by atoms with E-state index in [0.29, 0.717) is 0 Å². The number of unbranched alkanes of at least 4 members (excludes halogenated alkanes) is 2. The average molecular weight is 156 g/mol. The molecule has 0 heterocycles. The van der Waals surface area contributed by atoms with E-state index in [9.17, 15) is 9.59 Å². The molecule has 0 amide bonds. The quantitative estimate of drug-likeness (QED) is 0.334. The van der Waals surface area contributed by atoms with Gasteiger partial charge in [0.1, 0.15) is 6.29 Å². The summed E-state index contributed by atoms with van der Waals surface area (Å²) in [6.45, 7) is 2.02. The standard InChI is InChI=1S/C9H14O2/c1-2-3-4-6-9(11)7-5-8-10/h5,7-8H,2-4,6H2,1H3/b7-5+/i5D,7D. The number of carbonyl (C=O) groups excluding carboxylic acids is 2. The molecule has 0 aliphatic carbocycles. The van der Waals surface area contributed by atoms with Crippen molar-refractivity contribution in [2.75, 3.05) is 0 Å². The molecule has 62 valence electrons. The fraction of sp³-hybridized carbons (Fsp3) is 0.556. The summed E-state index contributed by atoms with van der Waals surface area (Å²) in [5, 5.41) is 0. The maximum Gasteiger partial charge on any atom is 0.155 e. The van der Waals surface area contributed by atoms with Crippen LogP contribution in [0.3, 0.4) is 0 Å². The third-order valence-electron chi connectivity index (χ3n) is 1.28. The second-order valence-electron chi connectivity index (χ2n) is 2.27. The Morgan fingerprint density at radius 3 is 2.82 bits per heavy atom. The van der Waals surface area contributed by atoms with Crippen LogP contribution in [0.2, 0.25) is 0 Å². The van der Waals surface area contributed by atoms with Crippen LogP contribution in [-0.4, -0.2) is 12.1 Å². The summed E-state index contributed by atoms with van der Waals surface area (Å²) in [7, 11) is 0. The van der Waals surface area contributed by atoms with Gasteiger partial charge in [-0.1, -0.05) is 19.8 Å². The molecule has 0 saturated carbocycles. The number of hydrogen-bond donors (Lipinski definition) is 0. The zero-order valence-corrected chi connectivity index (χ0v) is 6.72. The molecule has 0 aromatic carbocycles. The summed E-state index contributed by atoms with van der Waals surface area (Å²) in [5.41, 5.74) is 0. The first kappa shape index (κ1) is 6.77. The van der Waals surface area contributed by atoms with E-state index in [-0.39, 0.29) is 12.7 Å². The number of allylic oxidation sites excluding steroid dienone is 2. The van der Waals surface area contributed by atoms with Crippen molar-refractivity contribution in [2.45, 2.75) is 32.6 Å². The van der Waals surface area contributed by atoms with Gasteiger partial charge in [-0.25, -0.2) is 0 Å². The van der Waals surface area contributed by atoms with Crippen LogP contribution in [0.15, 0.2) is 12.1 Å². The van der Waals surface area contributed by atoms with E-state index in [1.807, 2.05) is 6.92 Å². The van der Waals surface area contributed by atoms with Gasteiger partial charge in [-0.2, -0.15) is 0 Å². The number of ketones is 1. The molecule has 2 nitrogen and oxygen atoms in total. The second kappa shape index (κ2) is 7.19. The summed E-state index contributed by atoms with van der Waals surface area (Å²) in [5.74, 6) is -0.412. The largest absolute Gasteiger partial charge is 0.299 e. The molecule has 2 heteroatoms. The molecule has 0 spiro atoms. The highest BCUT2D eigenvalue weighted by molar-refractivity contribution is 5.92. The summed E-state index contributed by atoms with van der Waals surface area (Å²) in [6, 6.07) is -0.993. The predicted octanol–water partition coefficient (Wildman–Crippen LogP) is 1.89. The van der Waals surface area contributed by atoms with Gasteiger partial charge in [0.05, 0.1) is 2.74 Å². The molecule has 0 N–H and O–H groups in total. The van der Waals surface area contributed by atoms with Crippen LogP contribution in [-0.2, 0) is 9.59 Å². The Hall–Kier alpha value is -0.920. The molecule has 0 aromatic heterocycles. The van der Waals surface area contributed by atoms with Crippen LogP contribution in [0.4, 0.5) is 0 Å². The van der Waals surface area contributed by atoms with E-state index in [4.69, 9.17) is 2.74 Å². The van der Waals surface area contributed by atoms with E-state index >= 15 is 0 Å². The summed E-state index contributed by atoms with van der Waals surface area (Å²) in [6.07, 6.45) is 3.16. The molecule has 0 aliphatic rings. The molecular weight excluding hydrogens is 140 g/mol. The van der Waals surface area contributed by atoms with Crippen molar-refractivity contribution >= 4 is 12.1 Å². The Bertz CT molecular complexity index is 222. The monoisotopic (exact) mass is 156 g/mol. The van der Waals surface area contributed by atoms with Gasteiger partial charge in [-0.15, -0.1) is 0 Å². The van der Waals surface area contributed by atoms with Crippen molar-refractivity contribution < 1.29 is 12.3 Å². The highest BCUT2D eigenvalue weighted by Crippen LogP contribution is 1.99. The Balaban J connectivity index is 4.04. The number of aldehydes is 1. The Morgan fingerprint density at radius 1 is 1.55 bits per heavy atom. The first-order valence-corrected chi connectivity index (χ1v) is 3.79. The molecule has 0 bridgehead atoms. The number of rotatable bonds is 6. The van der Waals surface area contributed by atoms with Crippen LogP contribution in [0.1, 0.15) is 35.3 Å². The van der Waals surface area contributed by atoms with Gasteiger partial charge >= 0.3 is 0 Å². The molecule has 0 rings (SSSR count). The maximum atomic E-state index is 11.1. The number of carbonyl (C=O) groups is 2. The van der Waals surface area contributed by atoms with Crippen molar-refractivity contribution in [1.82, 2.24) is 0 Å². The lowest BCUT2D eigenvalue weighted by molar-refractivity contribution is -0.115. The van der Waals surface area contributed by atoms with Gasteiger partial charge in [0.2, 0.25) is 0 Å². The molecule has 0 fully saturated rings. The van der Waals surface area contributed by atoms with E-state index in [0.717, 1.165) is 19.3 Å². The van der Waals surface area contributed by atoms with E-state index in [2.05, 4.69) is 0 Å². The van der Waals surface area contributed by atoms with Gasteiger partial charge in [-0.3, -0.25) is 9.59 Å². The van der Waals surface area contributed by atoms with Crippen LogP contribution >= 0.6 is 0 Å². The van der Waals surface area contributed by atoms with Crippen LogP contribution < -0.4 is 0 Å². The lowest BCUT2D eigenvalue weighted by Gasteiger charge is -1.92. The second-order valence-corrected chi connectivity index (χ2v) is 2.27. The van der Waals surface area contributed by atoms with Gasteiger partial charge < -0.3 is 0 Å². The van der Waals surface area contributed by atoms with E-state index in [1.54, 1.807) is 0 Å². The van der Waals surface area contributed by atoms with E-state index in [1.165, 1.54) is 0 Å². The van der Waals surface area contributed by atoms with Crippen molar-refractivity contribution in [3.8, 4) is 0 Å². The molecule has 0 aromatic rings. The molecule has 0 aliphatic heterocycles. The highest BCUT2D eigenvalue weighted by atomic mass is 16.1. The normalized spacial score (nSPS) is 14.6. The Labute approximate surface area is 70.1 Å². The minimum atomic E-state index is -0.526. The third kappa shape index (κ3) is 6.97. The maximum absolute atomic E-state index is 11.1. The van der Waals surface area contributed by atoms with Crippen LogP contribution in [0, 0.1) is 0 Å². The van der Waals surface area contributed by atoms with Crippen LogP contribution in [0.5, 0.6) is 0 Å². The topological polar surface area (TPSA) is 34.1 Å². The fourth-order valence-corrected chi connectivity index (χ4v) is 0.708. The fourth-order valence-electron chi connectivity index (χ4n) is 0.708. The zero-order chi connectivity index (χ0) is 10.3. The molecular formula is C9H14O2. The molecule has 0 radical (unpaired) electrons. The third-order valence-corrected chi connectivity index (χ3v) is 1.28. The minimum absolute atomic E-state index is 0.222. The highest BCUT2D eigenvalue weighted by Gasteiger charge is 1.94. The summed E-state index contributed by atoms with van der Waals surface area (Å²) in [4.78, 5) is 21.2. The van der Waals surface area contributed by atoms with Gasteiger partial charge in [0.25, 0.3) is 0 Å². The van der Waals surface area contributed by atoms with Crippen molar-refractivity contribution in [3.05, 3.63) is 12.1 Å². The predicted molar refractivity (Wildman–Crippen MR) is 44.4 cm³/mol. The van der Waals surface area contributed by atoms with Gasteiger partial charge in [-0.05, 0) is 18.5 Å².